The number of nitrogens with one attached hydrogen (secondary N) is 4. The minimum Gasteiger partial charge on any atom is -0.339 e. The van der Waals surface area contributed by atoms with Crippen LogP contribution in [0.2, 0.25) is 0 Å². The Kier molecular flexibility index (Phi) is 10.0. The maximum absolute atomic E-state index is 13.2. The molecule has 0 radical (unpaired) electrons. The molecule has 0 fully saturated rings. The Labute approximate surface area is 217 Å². The molecule has 0 aliphatic rings. The number of nitrogens with two attached hydrogens (primary N) is 1. The summed E-state index contributed by atoms with van der Waals surface area (Å²) in [4.78, 5) is 35.8. The molecule has 38 heavy (non-hydrogen) atoms. The summed E-state index contributed by atoms with van der Waals surface area (Å²) < 4.78 is 26.4. The summed E-state index contributed by atoms with van der Waals surface area (Å²) in [5.41, 5.74) is 9.45. The van der Waals surface area contributed by atoms with Gasteiger partial charge in [0.05, 0.1) is 6.54 Å². The van der Waals surface area contributed by atoms with Crippen molar-refractivity contribution in [1.82, 2.24) is 16.1 Å². The van der Waals surface area contributed by atoms with E-state index in [1.165, 1.54) is 17.6 Å². The lowest BCUT2D eigenvalue weighted by molar-refractivity contribution is -0.130. The van der Waals surface area contributed by atoms with Gasteiger partial charge in [0, 0.05) is 41.5 Å². The van der Waals surface area contributed by atoms with Gasteiger partial charge in [-0.3, -0.25) is 19.6 Å². The molecule has 3 aromatic carbocycles. The smallest absolute Gasteiger partial charge is 0.267 e. The van der Waals surface area contributed by atoms with Crippen molar-refractivity contribution >= 4 is 23.4 Å². The van der Waals surface area contributed by atoms with E-state index in [2.05, 4.69) is 27.8 Å². The van der Waals surface area contributed by atoms with Crippen LogP contribution in [0, 0.1) is 23.5 Å². The first-order valence-corrected chi connectivity index (χ1v) is 11.4. The number of halogens is 2. The quantitative estimate of drug-likeness (QED) is 0.144. The normalized spacial score (nSPS) is 11.1. The molecule has 0 aliphatic carbocycles. The molecule has 0 saturated carbocycles. The summed E-state index contributed by atoms with van der Waals surface area (Å²) in [6.45, 7) is -0.0908. The van der Waals surface area contributed by atoms with Crippen molar-refractivity contribution in [2.45, 2.75) is 12.6 Å². The van der Waals surface area contributed by atoms with Crippen LogP contribution >= 0.6 is 0 Å². The van der Waals surface area contributed by atoms with E-state index in [4.69, 9.17) is 10.9 Å². The van der Waals surface area contributed by atoms with Gasteiger partial charge in [-0.05, 0) is 66.2 Å². The van der Waals surface area contributed by atoms with Crippen molar-refractivity contribution in [3.05, 3.63) is 101 Å². The van der Waals surface area contributed by atoms with E-state index < -0.39 is 29.5 Å². The average molecular weight is 522 g/mol. The summed E-state index contributed by atoms with van der Waals surface area (Å²) >= 11 is 0. The number of amides is 3. The molecule has 11 heteroatoms. The summed E-state index contributed by atoms with van der Waals surface area (Å²) in [6.07, 6.45) is 0. The minimum absolute atomic E-state index is 0.0464. The van der Waals surface area contributed by atoms with Crippen LogP contribution in [0.4, 0.5) is 14.5 Å². The van der Waals surface area contributed by atoms with Crippen LogP contribution in [-0.2, 0) is 16.1 Å². The largest absolute Gasteiger partial charge is 0.339 e. The van der Waals surface area contributed by atoms with Crippen molar-refractivity contribution in [3.63, 3.8) is 0 Å². The number of carbonyl (C=O) groups is 3. The highest BCUT2D eigenvalue weighted by atomic mass is 19.1. The number of hydrogen-bond acceptors (Lipinski definition) is 6. The van der Waals surface area contributed by atoms with Gasteiger partial charge in [-0.25, -0.2) is 14.3 Å². The van der Waals surface area contributed by atoms with E-state index in [1.54, 1.807) is 48.5 Å². The Morgan fingerprint density at radius 1 is 0.895 bits per heavy atom. The third-order valence-electron chi connectivity index (χ3n) is 5.17. The topological polar surface area (TPSA) is 146 Å². The SMILES string of the molecule is NC[C@H](NC(=O)c1ccc(C#Cc2ccc(NC(=O)CNCc3cc(F)cc(F)c3)cc2)cc1)C(=O)NO. The van der Waals surface area contributed by atoms with Crippen LogP contribution in [-0.4, -0.2) is 42.1 Å². The number of rotatable bonds is 9. The zero-order valence-electron chi connectivity index (χ0n) is 20.1. The number of hydrogen-bond donors (Lipinski definition) is 6. The molecule has 0 heterocycles. The molecular weight excluding hydrogens is 496 g/mol. The van der Waals surface area contributed by atoms with Crippen LogP contribution < -0.4 is 27.2 Å². The number of carbonyl (C=O) groups excluding carboxylic acids is 3. The third-order valence-corrected chi connectivity index (χ3v) is 5.17. The highest BCUT2D eigenvalue weighted by molar-refractivity contribution is 5.97. The van der Waals surface area contributed by atoms with Crippen LogP contribution in [0.1, 0.15) is 27.0 Å². The maximum atomic E-state index is 13.2. The van der Waals surface area contributed by atoms with E-state index in [9.17, 15) is 23.2 Å². The highest BCUT2D eigenvalue weighted by Crippen LogP contribution is 2.10. The summed E-state index contributed by atoms with van der Waals surface area (Å²) in [5.74, 6) is 2.93. The minimum atomic E-state index is -1.07. The second kappa shape index (κ2) is 13.6. The lowest BCUT2D eigenvalue weighted by Crippen LogP contribution is -2.50. The Morgan fingerprint density at radius 2 is 1.47 bits per heavy atom. The first kappa shape index (κ1) is 27.9. The number of anilines is 1. The molecule has 7 N–H and O–H groups in total. The van der Waals surface area contributed by atoms with Gasteiger partial charge in [0.2, 0.25) is 5.91 Å². The van der Waals surface area contributed by atoms with Crippen molar-refractivity contribution < 1.29 is 28.4 Å². The van der Waals surface area contributed by atoms with Crippen molar-refractivity contribution in [2.75, 3.05) is 18.4 Å². The van der Waals surface area contributed by atoms with E-state index in [0.29, 0.717) is 22.4 Å². The van der Waals surface area contributed by atoms with Gasteiger partial charge in [0.25, 0.3) is 11.8 Å². The first-order valence-electron chi connectivity index (χ1n) is 11.4. The van der Waals surface area contributed by atoms with Crippen LogP contribution in [0.15, 0.2) is 66.7 Å². The van der Waals surface area contributed by atoms with Gasteiger partial charge in [0.1, 0.15) is 17.7 Å². The summed E-state index contributed by atoms with van der Waals surface area (Å²) in [6, 6.07) is 15.3. The van der Waals surface area contributed by atoms with E-state index in [-0.39, 0.29) is 31.1 Å². The fourth-order valence-corrected chi connectivity index (χ4v) is 3.28. The molecular formula is C27H25F2N5O4. The highest BCUT2D eigenvalue weighted by Gasteiger charge is 2.19. The second-order valence-corrected chi connectivity index (χ2v) is 8.07. The molecule has 0 aromatic heterocycles. The van der Waals surface area contributed by atoms with E-state index >= 15 is 0 Å². The predicted molar refractivity (Wildman–Crippen MR) is 136 cm³/mol. The van der Waals surface area contributed by atoms with Crippen molar-refractivity contribution in [1.29, 1.82) is 0 Å². The van der Waals surface area contributed by atoms with Gasteiger partial charge in [-0.1, -0.05) is 11.8 Å². The molecule has 1 atom stereocenters. The fraction of sp³-hybridized carbons (Fsp3) is 0.148. The fourth-order valence-electron chi connectivity index (χ4n) is 3.28. The van der Waals surface area contributed by atoms with E-state index in [0.717, 1.165) is 6.07 Å². The molecule has 3 aromatic rings. The molecule has 196 valence electrons. The maximum Gasteiger partial charge on any atom is 0.267 e. The molecule has 9 nitrogen and oxygen atoms in total. The molecule has 3 amide bonds. The average Bonchev–Trinajstić information content (AvgIpc) is 2.90. The van der Waals surface area contributed by atoms with Gasteiger partial charge < -0.3 is 21.7 Å². The first-order chi connectivity index (χ1) is 18.3. The molecule has 0 spiro atoms. The summed E-state index contributed by atoms with van der Waals surface area (Å²) in [5, 5.41) is 16.6. The second-order valence-electron chi connectivity index (χ2n) is 8.07. The lowest BCUT2D eigenvalue weighted by atomic mass is 10.1. The zero-order valence-corrected chi connectivity index (χ0v) is 20.1. The van der Waals surface area contributed by atoms with Crippen LogP contribution in [0.3, 0.4) is 0 Å². The van der Waals surface area contributed by atoms with E-state index in [1.807, 2.05) is 0 Å². The lowest BCUT2D eigenvalue weighted by Gasteiger charge is -2.14. The Balaban J connectivity index is 1.49. The third kappa shape index (κ3) is 8.49. The standard InChI is InChI=1S/C27H25F2N5O4/c28-21-11-19(12-22(29)13-21)15-31-16-25(35)32-23-9-5-18(6-10-23)2-1-17-3-7-20(8-4-17)26(36)33-24(14-30)27(37)34-38/h3-13,24,31,38H,14-16,30H2,(H,32,35)(H,33,36)(H,34,37)/t24-/m0/s1. The monoisotopic (exact) mass is 521 g/mol. The molecule has 0 unspecified atom stereocenters. The van der Waals surface area contributed by atoms with Crippen molar-refractivity contribution in [2.24, 2.45) is 5.73 Å². The van der Waals surface area contributed by atoms with Gasteiger partial charge in [0.15, 0.2) is 0 Å². The molecule has 0 aliphatic heterocycles. The van der Waals surface area contributed by atoms with Gasteiger partial charge >= 0.3 is 0 Å². The molecule has 3 rings (SSSR count). The summed E-state index contributed by atoms with van der Waals surface area (Å²) in [7, 11) is 0. The van der Waals surface area contributed by atoms with Crippen molar-refractivity contribution in [3.8, 4) is 11.8 Å². The Bertz CT molecular complexity index is 1330. The number of benzene rings is 3. The Morgan fingerprint density at radius 3 is 2.03 bits per heavy atom. The van der Waals surface area contributed by atoms with Crippen LogP contribution in [0.25, 0.3) is 0 Å². The zero-order chi connectivity index (χ0) is 27.5. The Hall–Kier alpha value is -4.63. The van der Waals surface area contributed by atoms with Gasteiger partial charge in [-0.2, -0.15) is 0 Å². The van der Waals surface area contributed by atoms with Crippen LogP contribution in [0.5, 0.6) is 0 Å². The number of hydroxylamine groups is 1. The predicted octanol–water partition coefficient (Wildman–Crippen LogP) is 1.66. The van der Waals surface area contributed by atoms with Gasteiger partial charge in [-0.15, -0.1) is 0 Å². The molecule has 0 saturated heterocycles. The molecule has 0 bridgehead atoms.